The van der Waals surface area contributed by atoms with Crippen molar-refractivity contribution in [1.29, 1.82) is 0 Å². The number of carbonyl (C=O) groups excluding carboxylic acids is 1. The molecule has 0 radical (unpaired) electrons. The minimum atomic E-state index is -4.29. The number of hydrogen-bond donors (Lipinski definition) is 0. The van der Waals surface area contributed by atoms with Crippen LogP contribution in [0.5, 0.6) is 0 Å². The lowest BCUT2D eigenvalue weighted by Crippen LogP contribution is -2.16. The second-order valence-corrected chi connectivity index (χ2v) is 7.10. The quantitative estimate of drug-likeness (QED) is 0.620. The molecule has 0 bridgehead atoms. The first-order chi connectivity index (χ1) is 9.79. The molecular weight excluding hydrogens is 330 g/mol. The molecule has 2 rings (SSSR count). The topological polar surface area (TPSA) is 69.7 Å². The number of rotatable bonds is 4. The van der Waals surface area contributed by atoms with Crippen LogP contribution in [-0.2, 0) is 18.5 Å². The van der Waals surface area contributed by atoms with E-state index in [1.165, 1.54) is 0 Å². The number of benzene rings is 1. The monoisotopic (exact) mass is 340 g/mol. The number of carbonyl (C=O) groups is 1. The van der Waals surface area contributed by atoms with Crippen LogP contribution in [0.15, 0.2) is 17.0 Å². The molecule has 21 heavy (non-hydrogen) atoms. The maximum atomic E-state index is 13.6. The molecule has 0 aromatic heterocycles. The summed E-state index contributed by atoms with van der Waals surface area (Å²) < 4.78 is 59.2. The van der Waals surface area contributed by atoms with Crippen LogP contribution < -0.4 is 0 Å². The Labute approximate surface area is 124 Å². The van der Waals surface area contributed by atoms with E-state index >= 15 is 0 Å². The highest BCUT2D eigenvalue weighted by Crippen LogP contribution is 2.23. The lowest BCUT2D eigenvalue weighted by molar-refractivity contribution is 0.0421. The van der Waals surface area contributed by atoms with Gasteiger partial charge >= 0.3 is 5.97 Å². The number of ether oxygens (including phenoxy) is 2. The van der Waals surface area contributed by atoms with Crippen LogP contribution in [0.25, 0.3) is 0 Å². The third kappa shape index (κ3) is 3.90. The van der Waals surface area contributed by atoms with Crippen molar-refractivity contribution in [1.82, 2.24) is 0 Å². The molecule has 1 atom stereocenters. The van der Waals surface area contributed by atoms with Gasteiger partial charge < -0.3 is 9.47 Å². The standard InChI is InChI=1S/C12H11ClF2O5S/c13-21(17,18)8-3-9(11(15)10(14)4-8)12(16)20-6-7-1-2-19-5-7/h3-4,7H,1-2,5-6H2. The largest absolute Gasteiger partial charge is 0.462 e. The van der Waals surface area contributed by atoms with Crippen LogP contribution in [0.1, 0.15) is 16.8 Å². The van der Waals surface area contributed by atoms with Gasteiger partial charge in [-0.2, -0.15) is 0 Å². The van der Waals surface area contributed by atoms with Gasteiger partial charge in [-0.3, -0.25) is 0 Å². The molecular formula is C12H11ClF2O5S. The molecule has 1 aliphatic rings. The number of esters is 1. The van der Waals surface area contributed by atoms with Crippen molar-refractivity contribution < 1.29 is 31.5 Å². The van der Waals surface area contributed by atoms with Crippen LogP contribution in [0.4, 0.5) is 8.78 Å². The average Bonchev–Trinajstić information content (AvgIpc) is 2.91. The fourth-order valence-electron chi connectivity index (χ4n) is 1.84. The van der Waals surface area contributed by atoms with E-state index in [0.29, 0.717) is 31.8 Å². The number of hydrogen-bond acceptors (Lipinski definition) is 5. The first-order valence-corrected chi connectivity index (χ1v) is 8.28. The molecule has 1 aromatic carbocycles. The Bertz CT molecular complexity index is 656. The van der Waals surface area contributed by atoms with Crippen molar-refractivity contribution in [2.75, 3.05) is 19.8 Å². The van der Waals surface area contributed by atoms with Crippen molar-refractivity contribution in [3.8, 4) is 0 Å². The van der Waals surface area contributed by atoms with Gasteiger partial charge in [0.15, 0.2) is 11.6 Å². The zero-order chi connectivity index (χ0) is 15.6. The van der Waals surface area contributed by atoms with E-state index in [-0.39, 0.29) is 12.5 Å². The summed E-state index contributed by atoms with van der Waals surface area (Å²) in [6.07, 6.45) is 0.695. The van der Waals surface area contributed by atoms with Crippen molar-refractivity contribution in [3.63, 3.8) is 0 Å². The Morgan fingerprint density at radius 3 is 2.71 bits per heavy atom. The zero-order valence-corrected chi connectivity index (χ0v) is 12.2. The zero-order valence-electron chi connectivity index (χ0n) is 10.6. The molecule has 1 saturated heterocycles. The van der Waals surface area contributed by atoms with Gasteiger partial charge in [0, 0.05) is 23.2 Å². The normalized spacial score (nSPS) is 18.7. The summed E-state index contributed by atoms with van der Waals surface area (Å²) in [5, 5.41) is 0. The summed E-state index contributed by atoms with van der Waals surface area (Å²) in [5.74, 6) is -4.14. The van der Waals surface area contributed by atoms with E-state index in [1.807, 2.05) is 0 Å². The molecule has 0 saturated carbocycles. The van der Waals surface area contributed by atoms with Crippen molar-refractivity contribution in [2.45, 2.75) is 11.3 Å². The molecule has 0 N–H and O–H groups in total. The Kier molecular flexibility index (Phi) is 4.80. The Balaban J connectivity index is 2.21. The summed E-state index contributed by atoms with van der Waals surface area (Å²) in [7, 11) is 0.764. The molecule has 116 valence electrons. The van der Waals surface area contributed by atoms with Crippen LogP contribution in [0, 0.1) is 17.6 Å². The van der Waals surface area contributed by atoms with Crippen LogP contribution in [-0.4, -0.2) is 34.2 Å². The van der Waals surface area contributed by atoms with E-state index in [4.69, 9.17) is 20.2 Å². The smallest absolute Gasteiger partial charge is 0.341 e. The highest BCUT2D eigenvalue weighted by molar-refractivity contribution is 8.13. The van der Waals surface area contributed by atoms with Gasteiger partial charge in [0.25, 0.3) is 9.05 Å². The summed E-state index contributed by atoms with van der Waals surface area (Å²) >= 11 is 0. The Hall–Kier alpha value is -1.25. The summed E-state index contributed by atoms with van der Waals surface area (Å²) in [5.41, 5.74) is -0.812. The molecule has 1 aromatic rings. The third-order valence-corrected chi connectivity index (χ3v) is 4.31. The SMILES string of the molecule is O=C(OCC1CCOC1)c1cc(S(=O)(=O)Cl)cc(F)c1F. The lowest BCUT2D eigenvalue weighted by atomic mass is 10.1. The van der Waals surface area contributed by atoms with Gasteiger partial charge in [-0.1, -0.05) is 0 Å². The molecule has 0 aliphatic carbocycles. The van der Waals surface area contributed by atoms with Gasteiger partial charge in [0.1, 0.15) is 0 Å². The highest BCUT2D eigenvalue weighted by atomic mass is 35.7. The molecule has 1 aliphatic heterocycles. The Morgan fingerprint density at radius 1 is 1.43 bits per heavy atom. The first kappa shape index (κ1) is 16.1. The molecule has 1 unspecified atom stereocenters. The van der Waals surface area contributed by atoms with E-state index in [0.717, 1.165) is 0 Å². The van der Waals surface area contributed by atoms with E-state index in [2.05, 4.69) is 0 Å². The van der Waals surface area contributed by atoms with E-state index in [1.54, 1.807) is 0 Å². The van der Waals surface area contributed by atoms with Crippen LogP contribution >= 0.6 is 10.7 Å². The van der Waals surface area contributed by atoms with Gasteiger partial charge in [-0.15, -0.1) is 0 Å². The van der Waals surface area contributed by atoms with E-state index < -0.39 is 37.1 Å². The molecule has 1 fully saturated rings. The minimum absolute atomic E-state index is 0.0122. The predicted molar refractivity (Wildman–Crippen MR) is 68.6 cm³/mol. The van der Waals surface area contributed by atoms with Gasteiger partial charge in [-0.05, 0) is 18.6 Å². The van der Waals surface area contributed by atoms with Gasteiger partial charge in [0.05, 0.1) is 23.7 Å². The van der Waals surface area contributed by atoms with E-state index in [9.17, 15) is 22.0 Å². The molecule has 1 heterocycles. The summed E-state index contributed by atoms with van der Waals surface area (Å²) in [6, 6.07) is 1.05. The Morgan fingerprint density at radius 2 is 2.14 bits per heavy atom. The molecule has 9 heteroatoms. The summed E-state index contributed by atoms with van der Waals surface area (Å²) in [4.78, 5) is 11.0. The lowest BCUT2D eigenvalue weighted by Gasteiger charge is -2.10. The second-order valence-electron chi connectivity index (χ2n) is 4.53. The van der Waals surface area contributed by atoms with Crippen molar-refractivity contribution in [2.24, 2.45) is 5.92 Å². The minimum Gasteiger partial charge on any atom is -0.462 e. The molecule has 0 spiro atoms. The molecule has 0 amide bonds. The van der Waals surface area contributed by atoms with Crippen molar-refractivity contribution in [3.05, 3.63) is 29.3 Å². The second kappa shape index (κ2) is 6.25. The fourth-order valence-corrected chi connectivity index (χ4v) is 2.61. The maximum absolute atomic E-state index is 13.6. The maximum Gasteiger partial charge on any atom is 0.341 e. The average molecular weight is 341 g/mol. The predicted octanol–water partition coefficient (Wildman–Crippen LogP) is 2.09. The van der Waals surface area contributed by atoms with Gasteiger partial charge in [-0.25, -0.2) is 22.0 Å². The van der Waals surface area contributed by atoms with Crippen LogP contribution in [0.2, 0.25) is 0 Å². The van der Waals surface area contributed by atoms with Gasteiger partial charge in [0.2, 0.25) is 0 Å². The first-order valence-electron chi connectivity index (χ1n) is 5.97. The molecule has 5 nitrogen and oxygen atoms in total. The summed E-state index contributed by atoms with van der Waals surface area (Å²) in [6.45, 7) is 0.948. The van der Waals surface area contributed by atoms with Crippen LogP contribution in [0.3, 0.4) is 0 Å². The van der Waals surface area contributed by atoms with Crippen molar-refractivity contribution >= 4 is 25.7 Å². The fraction of sp³-hybridized carbons (Fsp3) is 0.417. The third-order valence-electron chi connectivity index (χ3n) is 2.98. The highest BCUT2D eigenvalue weighted by Gasteiger charge is 2.24. The number of halogens is 3.